The Bertz CT molecular complexity index is 276. The van der Waals surface area contributed by atoms with Crippen molar-refractivity contribution in [3.8, 4) is 0 Å². The maximum Gasteiger partial charge on any atom is 0.248 e. The summed E-state index contributed by atoms with van der Waals surface area (Å²) in [6.45, 7) is 4.73. The van der Waals surface area contributed by atoms with E-state index < -0.39 is 0 Å². The molecule has 0 radical (unpaired) electrons. The van der Waals surface area contributed by atoms with E-state index in [2.05, 4.69) is 0 Å². The zero-order valence-electron chi connectivity index (χ0n) is 10.6. The van der Waals surface area contributed by atoms with E-state index in [1.54, 1.807) is 12.0 Å². The van der Waals surface area contributed by atoms with Crippen molar-refractivity contribution in [3.05, 3.63) is 0 Å². The van der Waals surface area contributed by atoms with E-state index in [1.165, 1.54) is 0 Å². The standard InChI is InChI=1S/C12H21NO4/c1-3-16-7-11(14)13-8-12(9-13)6-10(15-2)4-5-17-12/h10H,3-9H2,1-2H3/t10-/m0/s1. The van der Waals surface area contributed by atoms with Gasteiger partial charge in [-0.3, -0.25) is 4.79 Å². The summed E-state index contributed by atoms with van der Waals surface area (Å²) in [5.74, 6) is 0.0561. The van der Waals surface area contributed by atoms with Crippen molar-refractivity contribution in [3.63, 3.8) is 0 Å². The van der Waals surface area contributed by atoms with Crippen LogP contribution in [0, 0.1) is 0 Å². The number of hydrogen-bond donors (Lipinski definition) is 0. The smallest absolute Gasteiger partial charge is 0.248 e. The van der Waals surface area contributed by atoms with Crippen LogP contribution in [0.5, 0.6) is 0 Å². The molecule has 17 heavy (non-hydrogen) atoms. The monoisotopic (exact) mass is 243 g/mol. The van der Waals surface area contributed by atoms with Gasteiger partial charge in [0.1, 0.15) is 12.2 Å². The van der Waals surface area contributed by atoms with Crippen molar-refractivity contribution in [2.24, 2.45) is 0 Å². The Kier molecular flexibility index (Phi) is 4.01. The molecule has 1 amide bonds. The van der Waals surface area contributed by atoms with Crippen LogP contribution in [0.2, 0.25) is 0 Å². The van der Waals surface area contributed by atoms with Crippen LogP contribution < -0.4 is 0 Å². The van der Waals surface area contributed by atoms with Gasteiger partial charge in [0, 0.05) is 26.7 Å². The lowest BCUT2D eigenvalue weighted by Crippen LogP contribution is -2.67. The number of amides is 1. The van der Waals surface area contributed by atoms with Gasteiger partial charge in [-0.25, -0.2) is 0 Å². The van der Waals surface area contributed by atoms with Crippen LogP contribution in [0.25, 0.3) is 0 Å². The van der Waals surface area contributed by atoms with Crippen LogP contribution in [0.4, 0.5) is 0 Å². The van der Waals surface area contributed by atoms with Gasteiger partial charge in [0.25, 0.3) is 0 Å². The molecular weight excluding hydrogens is 222 g/mol. The van der Waals surface area contributed by atoms with Gasteiger partial charge < -0.3 is 19.1 Å². The fourth-order valence-corrected chi connectivity index (χ4v) is 2.51. The highest BCUT2D eigenvalue weighted by Gasteiger charge is 2.49. The molecule has 0 aliphatic carbocycles. The third kappa shape index (κ3) is 2.78. The molecular formula is C12H21NO4. The summed E-state index contributed by atoms with van der Waals surface area (Å²) in [4.78, 5) is 13.5. The normalized spacial score (nSPS) is 26.9. The number of rotatable bonds is 4. The number of methoxy groups -OCH3 is 1. The summed E-state index contributed by atoms with van der Waals surface area (Å²) in [7, 11) is 1.74. The molecule has 1 spiro atoms. The second kappa shape index (κ2) is 5.33. The van der Waals surface area contributed by atoms with E-state index >= 15 is 0 Å². The maximum absolute atomic E-state index is 11.7. The van der Waals surface area contributed by atoms with Gasteiger partial charge in [-0.15, -0.1) is 0 Å². The van der Waals surface area contributed by atoms with Gasteiger partial charge >= 0.3 is 0 Å². The van der Waals surface area contributed by atoms with Crippen molar-refractivity contribution < 1.29 is 19.0 Å². The summed E-state index contributed by atoms with van der Waals surface area (Å²) >= 11 is 0. The highest BCUT2D eigenvalue weighted by atomic mass is 16.5. The molecule has 0 aromatic carbocycles. The van der Waals surface area contributed by atoms with Crippen LogP contribution in [-0.2, 0) is 19.0 Å². The Balaban J connectivity index is 1.78. The molecule has 2 fully saturated rings. The Morgan fingerprint density at radius 1 is 1.53 bits per heavy atom. The van der Waals surface area contributed by atoms with Crippen LogP contribution >= 0.6 is 0 Å². The van der Waals surface area contributed by atoms with Gasteiger partial charge in [0.2, 0.25) is 5.91 Å². The first-order chi connectivity index (χ1) is 8.19. The van der Waals surface area contributed by atoms with E-state index in [9.17, 15) is 4.79 Å². The molecule has 0 bridgehead atoms. The molecule has 5 heteroatoms. The molecule has 0 unspecified atom stereocenters. The SMILES string of the molecule is CCOCC(=O)N1CC2(C[C@@H](OC)CCO2)C1. The van der Waals surface area contributed by atoms with E-state index in [-0.39, 0.29) is 24.2 Å². The average molecular weight is 243 g/mol. The molecule has 2 saturated heterocycles. The summed E-state index contributed by atoms with van der Waals surface area (Å²) in [5.41, 5.74) is -0.152. The minimum atomic E-state index is -0.152. The zero-order chi connectivity index (χ0) is 12.3. The number of hydrogen-bond acceptors (Lipinski definition) is 4. The maximum atomic E-state index is 11.7. The molecule has 2 heterocycles. The van der Waals surface area contributed by atoms with Crippen molar-refractivity contribution >= 4 is 5.91 Å². The number of ether oxygens (including phenoxy) is 3. The summed E-state index contributed by atoms with van der Waals surface area (Å²) < 4.78 is 16.3. The number of nitrogens with zero attached hydrogens (tertiary/aromatic N) is 1. The first kappa shape index (κ1) is 12.8. The average Bonchev–Trinajstić information content (AvgIpc) is 2.33. The number of likely N-dealkylation sites (tertiary alicyclic amines) is 1. The minimum Gasteiger partial charge on any atom is -0.381 e. The number of carbonyl (C=O) groups excluding carboxylic acids is 1. The molecule has 0 aromatic heterocycles. The third-order valence-electron chi connectivity index (χ3n) is 3.52. The van der Waals surface area contributed by atoms with Crippen molar-refractivity contribution in [1.82, 2.24) is 4.90 Å². The first-order valence-corrected chi connectivity index (χ1v) is 6.21. The van der Waals surface area contributed by atoms with E-state index in [4.69, 9.17) is 14.2 Å². The second-order valence-electron chi connectivity index (χ2n) is 4.77. The molecule has 0 saturated carbocycles. The Morgan fingerprint density at radius 3 is 2.94 bits per heavy atom. The van der Waals surface area contributed by atoms with Gasteiger partial charge in [0.05, 0.1) is 19.2 Å². The predicted octanol–water partition coefficient (Wildman–Crippen LogP) is 0.429. The Labute approximate surface area is 102 Å². The Morgan fingerprint density at radius 2 is 2.29 bits per heavy atom. The van der Waals surface area contributed by atoms with Crippen molar-refractivity contribution in [2.75, 3.05) is 40.0 Å². The molecule has 5 nitrogen and oxygen atoms in total. The largest absolute Gasteiger partial charge is 0.381 e. The minimum absolute atomic E-state index is 0.0561. The third-order valence-corrected chi connectivity index (χ3v) is 3.52. The summed E-state index contributed by atoms with van der Waals surface area (Å²) in [6.07, 6.45) is 2.11. The highest BCUT2D eigenvalue weighted by molar-refractivity contribution is 5.78. The van der Waals surface area contributed by atoms with E-state index in [0.717, 1.165) is 19.4 Å². The van der Waals surface area contributed by atoms with E-state index in [1.807, 2.05) is 6.92 Å². The molecule has 0 N–H and O–H groups in total. The van der Waals surface area contributed by atoms with Gasteiger partial charge in [-0.05, 0) is 13.3 Å². The van der Waals surface area contributed by atoms with Crippen molar-refractivity contribution in [2.45, 2.75) is 31.5 Å². The molecule has 2 aliphatic rings. The fourth-order valence-electron chi connectivity index (χ4n) is 2.51. The quantitative estimate of drug-likeness (QED) is 0.718. The number of carbonyl (C=O) groups is 1. The lowest BCUT2D eigenvalue weighted by Gasteiger charge is -2.52. The predicted molar refractivity (Wildman–Crippen MR) is 61.8 cm³/mol. The zero-order valence-corrected chi connectivity index (χ0v) is 10.6. The van der Waals surface area contributed by atoms with Gasteiger partial charge in [-0.2, -0.15) is 0 Å². The van der Waals surface area contributed by atoms with Crippen LogP contribution in [0.15, 0.2) is 0 Å². The van der Waals surface area contributed by atoms with Gasteiger partial charge in [0.15, 0.2) is 0 Å². The summed E-state index contributed by atoms with van der Waals surface area (Å²) in [5, 5.41) is 0. The lowest BCUT2D eigenvalue weighted by molar-refractivity contribution is -0.200. The second-order valence-corrected chi connectivity index (χ2v) is 4.77. The fraction of sp³-hybridized carbons (Fsp3) is 0.917. The summed E-state index contributed by atoms with van der Waals surface area (Å²) in [6, 6.07) is 0. The molecule has 2 aliphatic heterocycles. The molecule has 2 rings (SSSR count). The molecule has 98 valence electrons. The van der Waals surface area contributed by atoms with Crippen LogP contribution in [-0.4, -0.2) is 62.5 Å². The van der Waals surface area contributed by atoms with Crippen molar-refractivity contribution in [1.29, 1.82) is 0 Å². The van der Waals surface area contributed by atoms with E-state index in [0.29, 0.717) is 19.7 Å². The molecule has 1 atom stereocenters. The Hall–Kier alpha value is -0.650. The lowest BCUT2D eigenvalue weighted by atomic mass is 9.84. The van der Waals surface area contributed by atoms with Gasteiger partial charge in [-0.1, -0.05) is 0 Å². The van der Waals surface area contributed by atoms with Crippen LogP contribution in [0.3, 0.4) is 0 Å². The highest BCUT2D eigenvalue weighted by Crippen LogP contribution is 2.35. The van der Waals surface area contributed by atoms with Crippen LogP contribution in [0.1, 0.15) is 19.8 Å². The first-order valence-electron chi connectivity index (χ1n) is 6.21. The topological polar surface area (TPSA) is 48.0 Å². The molecule has 0 aromatic rings.